The first kappa shape index (κ1) is 26.6. The van der Waals surface area contributed by atoms with Gasteiger partial charge >= 0.3 is 0 Å². The third-order valence-corrected chi connectivity index (χ3v) is 9.40. The number of para-hydroxylation sites is 4. The molecule has 0 fully saturated rings. The summed E-state index contributed by atoms with van der Waals surface area (Å²) in [5, 5.41) is 7.33. The van der Waals surface area contributed by atoms with E-state index in [1.807, 2.05) is 41.0 Å². The molecule has 0 atom stereocenters. The maximum absolute atomic E-state index is 5.09. The first-order valence-electron chi connectivity index (χ1n) is 16.1. The zero-order valence-corrected chi connectivity index (χ0v) is 25.8. The van der Waals surface area contributed by atoms with Crippen LogP contribution in [0.2, 0.25) is 0 Å². The van der Waals surface area contributed by atoms with E-state index in [0.29, 0.717) is 0 Å². The molecule has 224 valence electrons. The number of benzene rings is 6. The van der Waals surface area contributed by atoms with Gasteiger partial charge in [0.2, 0.25) is 0 Å². The van der Waals surface area contributed by atoms with Crippen LogP contribution in [0.15, 0.2) is 164 Å². The van der Waals surface area contributed by atoms with Gasteiger partial charge in [-0.25, -0.2) is 9.50 Å². The second kappa shape index (κ2) is 10.5. The molecule has 5 heteroatoms. The summed E-state index contributed by atoms with van der Waals surface area (Å²) in [6.07, 6.45) is 2.00. The molecule has 4 heterocycles. The summed E-state index contributed by atoms with van der Waals surface area (Å²) < 4.78 is 4.32. The topological polar surface area (TPSA) is 47.5 Å². The molecule has 5 nitrogen and oxygen atoms in total. The highest BCUT2D eigenvalue weighted by molar-refractivity contribution is 6.08. The van der Waals surface area contributed by atoms with Crippen molar-refractivity contribution in [3.05, 3.63) is 164 Å². The van der Waals surface area contributed by atoms with E-state index in [2.05, 4.69) is 132 Å². The fraction of sp³-hybridized carbons (Fsp3) is 0. The summed E-state index contributed by atoms with van der Waals surface area (Å²) in [6, 6.07) is 55.2. The van der Waals surface area contributed by atoms with Crippen molar-refractivity contribution in [2.45, 2.75) is 0 Å². The van der Waals surface area contributed by atoms with Gasteiger partial charge in [-0.2, -0.15) is 5.10 Å². The molecule has 0 aliphatic heterocycles. The molecular weight excluding hydrogens is 587 g/mol. The van der Waals surface area contributed by atoms with Gasteiger partial charge in [-0.3, -0.25) is 4.98 Å². The minimum Gasteiger partial charge on any atom is -0.306 e. The second-order valence-electron chi connectivity index (χ2n) is 12.2. The first-order chi connectivity index (χ1) is 23.8. The predicted molar refractivity (Wildman–Crippen MR) is 196 cm³/mol. The van der Waals surface area contributed by atoms with E-state index in [9.17, 15) is 0 Å². The van der Waals surface area contributed by atoms with Crippen LogP contribution in [0.25, 0.3) is 88.8 Å². The highest BCUT2D eigenvalue weighted by Gasteiger charge is 2.17. The average Bonchev–Trinajstić information content (AvgIpc) is 3.76. The Hall–Kier alpha value is -6.59. The van der Waals surface area contributed by atoms with Gasteiger partial charge in [0.15, 0.2) is 5.82 Å². The molecule has 0 amide bonds. The number of hydrogen-bond acceptors (Lipinski definition) is 3. The Kier molecular flexibility index (Phi) is 5.81. The molecular formula is C43H27N5. The van der Waals surface area contributed by atoms with Crippen molar-refractivity contribution in [1.29, 1.82) is 0 Å². The summed E-state index contributed by atoms with van der Waals surface area (Å²) in [5.74, 6) is 0.821. The molecule has 4 aromatic heterocycles. The van der Waals surface area contributed by atoms with Crippen LogP contribution in [0.3, 0.4) is 0 Å². The van der Waals surface area contributed by atoms with E-state index in [4.69, 9.17) is 15.1 Å². The van der Waals surface area contributed by atoms with E-state index < -0.39 is 0 Å². The van der Waals surface area contributed by atoms with E-state index >= 15 is 0 Å². The lowest BCUT2D eigenvalue weighted by molar-refractivity contribution is 0.949. The quantitative estimate of drug-likeness (QED) is 0.198. The predicted octanol–water partition coefficient (Wildman–Crippen LogP) is 10.5. The summed E-state index contributed by atoms with van der Waals surface area (Å²) >= 11 is 0. The number of fused-ring (bicyclic) bond motifs is 8. The monoisotopic (exact) mass is 613 g/mol. The van der Waals surface area contributed by atoms with Gasteiger partial charge < -0.3 is 4.40 Å². The van der Waals surface area contributed by atoms with Gasteiger partial charge in [-0.1, -0.05) is 127 Å². The van der Waals surface area contributed by atoms with Gasteiger partial charge in [0.1, 0.15) is 0 Å². The Balaban J connectivity index is 1.05. The molecule has 10 rings (SSSR count). The minimum absolute atomic E-state index is 0.821. The Morgan fingerprint density at radius 3 is 1.79 bits per heavy atom. The molecule has 48 heavy (non-hydrogen) atoms. The Labute approximate surface area is 276 Å². The molecule has 0 radical (unpaired) electrons. The third kappa shape index (κ3) is 4.08. The van der Waals surface area contributed by atoms with Crippen LogP contribution < -0.4 is 0 Å². The van der Waals surface area contributed by atoms with Crippen LogP contribution in [0, 0.1) is 0 Å². The highest BCUT2D eigenvalue weighted by Crippen LogP contribution is 2.38. The summed E-state index contributed by atoms with van der Waals surface area (Å²) in [7, 11) is 0. The standard InChI is InChI=1S/C43H27N5/c1-2-10-30(11-3-1)37-26-40-33-12-4-6-14-35(33)45-43(48(40)46-37)32-24-20-29(21-25-32)28-18-22-31(23-19-28)42-34-13-5-8-16-38(34)47-39-17-9-7-15-36(39)44-27-41(42)47/h1-27H. The number of rotatable bonds is 4. The minimum atomic E-state index is 0.821. The van der Waals surface area contributed by atoms with E-state index in [1.165, 1.54) is 22.0 Å². The third-order valence-electron chi connectivity index (χ3n) is 9.40. The summed E-state index contributed by atoms with van der Waals surface area (Å²) in [5.41, 5.74) is 14.1. The molecule has 0 bridgehead atoms. The normalized spacial score (nSPS) is 11.8. The molecule has 0 aliphatic rings. The van der Waals surface area contributed by atoms with Gasteiger partial charge in [0.25, 0.3) is 0 Å². The van der Waals surface area contributed by atoms with Crippen LogP contribution in [0.1, 0.15) is 0 Å². The SMILES string of the molecule is c1ccc(-c2cc3c4ccccc4nc(-c4ccc(-c5ccc(-c6c7ccccc7n7c6cnc6ccccc67)cc5)cc4)n3n2)cc1. The van der Waals surface area contributed by atoms with Gasteiger partial charge in [0, 0.05) is 27.5 Å². The van der Waals surface area contributed by atoms with Crippen molar-refractivity contribution in [1.82, 2.24) is 24.0 Å². The molecule has 10 aromatic rings. The van der Waals surface area contributed by atoms with Crippen molar-refractivity contribution >= 4 is 43.9 Å². The Morgan fingerprint density at radius 2 is 1.02 bits per heavy atom. The molecule has 0 saturated carbocycles. The molecule has 0 spiro atoms. The van der Waals surface area contributed by atoms with Crippen molar-refractivity contribution in [2.75, 3.05) is 0 Å². The summed E-state index contributed by atoms with van der Waals surface area (Å²) in [4.78, 5) is 9.89. The lowest BCUT2D eigenvalue weighted by Gasteiger charge is -2.09. The fourth-order valence-corrected chi connectivity index (χ4v) is 7.10. The smallest absolute Gasteiger partial charge is 0.161 e. The molecule has 0 unspecified atom stereocenters. The van der Waals surface area contributed by atoms with Gasteiger partial charge in [0.05, 0.1) is 45.0 Å². The zero-order valence-electron chi connectivity index (χ0n) is 25.8. The molecule has 6 aromatic carbocycles. The second-order valence-corrected chi connectivity index (χ2v) is 12.2. The molecule has 0 aliphatic carbocycles. The van der Waals surface area contributed by atoms with Crippen LogP contribution in [0.4, 0.5) is 0 Å². The summed E-state index contributed by atoms with van der Waals surface area (Å²) in [6.45, 7) is 0. The van der Waals surface area contributed by atoms with Crippen LogP contribution in [0.5, 0.6) is 0 Å². The van der Waals surface area contributed by atoms with Crippen molar-refractivity contribution in [2.24, 2.45) is 0 Å². The van der Waals surface area contributed by atoms with Crippen molar-refractivity contribution < 1.29 is 0 Å². The van der Waals surface area contributed by atoms with Crippen molar-refractivity contribution in [3.8, 4) is 44.9 Å². The van der Waals surface area contributed by atoms with Crippen molar-refractivity contribution in [3.63, 3.8) is 0 Å². The lowest BCUT2D eigenvalue weighted by atomic mass is 9.98. The Bertz CT molecular complexity index is 2810. The average molecular weight is 614 g/mol. The highest BCUT2D eigenvalue weighted by atomic mass is 15.3. The van der Waals surface area contributed by atoms with E-state index in [-0.39, 0.29) is 0 Å². The molecule has 0 N–H and O–H groups in total. The number of hydrogen-bond donors (Lipinski definition) is 0. The Morgan fingerprint density at radius 1 is 0.417 bits per heavy atom. The largest absolute Gasteiger partial charge is 0.306 e. The fourth-order valence-electron chi connectivity index (χ4n) is 7.10. The van der Waals surface area contributed by atoms with Crippen LogP contribution >= 0.6 is 0 Å². The maximum Gasteiger partial charge on any atom is 0.161 e. The zero-order chi connectivity index (χ0) is 31.6. The molecule has 0 saturated heterocycles. The lowest BCUT2D eigenvalue weighted by Crippen LogP contribution is -1.99. The first-order valence-corrected chi connectivity index (χ1v) is 16.1. The van der Waals surface area contributed by atoms with E-state index in [0.717, 1.165) is 66.7 Å². The number of nitrogens with zero attached hydrogens (tertiary/aromatic N) is 5. The van der Waals surface area contributed by atoms with Gasteiger partial charge in [-0.15, -0.1) is 0 Å². The van der Waals surface area contributed by atoms with Crippen LogP contribution in [-0.2, 0) is 0 Å². The van der Waals surface area contributed by atoms with E-state index in [1.54, 1.807) is 0 Å². The maximum atomic E-state index is 5.09. The number of aromatic nitrogens is 5. The van der Waals surface area contributed by atoms with Gasteiger partial charge in [-0.05, 0) is 47.0 Å². The van der Waals surface area contributed by atoms with Crippen LogP contribution in [-0.4, -0.2) is 24.0 Å².